The standard InChI is InChI=1S/C25H25N3/c1-18-14-20(3)28-23(15-18)27-24(19(2)16-21-10-6-4-7-11-21)25(28)26-17-22-12-8-5-9-13-22/h4-16,26H,17H2,1-3H3. The lowest BCUT2D eigenvalue weighted by Gasteiger charge is -2.11. The van der Waals surface area contributed by atoms with Crippen LogP contribution in [0.5, 0.6) is 0 Å². The highest BCUT2D eigenvalue weighted by Crippen LogP contribution is 2.29. The van der Waals surface area contributed by atoms with Gasteiger partial charge in [-0.1, -0.05) is 60.7 Å². The molecular weight excluding hydrogens is 342 g/mol. The SMILES string of the molecule is CC(=Cc1ccccc1)c1nc2cc(C)cc(C)n2c1NCc1ccccc1. The van der Waals surface area contributed by atoms with Gasteiger partial charge in [-0.25, -0.2) is 4.98 Å². The molecule has 3 heteroatoms. The smallest absolute Gasteiger partial charge is 0.139 e. The zero-order chi connectivity index (χ0) is 19.5. The molecule has 0 unspecified atom stereocenters. The topological polar surface area (TPSA) is 29.3 Å². The van der Waals surface area contributed by atoms with Crippen LogP contribution < -0.4 is 5.32 Å². The summed E-state index contributed by atoms with van der Waals surface area (Å²) in [7, 11) is 0. The molecule has 2 aromatic heterocycles. The van der Waals surface area contributed by atoms with E-state index in [1.807, 2.05) is 12.1 Å². The highest BCUT2D eigenvalue weighted by molar-refractivity contribution is 5.85. The Hall–Kier alpha value is -3.33. The molecule has 28 heavy (non-hydrogen) atoms. The molecule has 0 aliphatic heterocycles. The van der Waals surface area contributed by atoms with Crippen molar-refractivity contribution in [3.8, 4) is 0 Å². The quantitative estimate of drug-likeness (QED) is 0.460. The molecule has 4 rings (SSSR count). The number of hydrogen-bond donors (Lipinski definition) is 1. The van der Waals surface area contributed by atoms with E-state index in [0.29, 0.717) is 0 Å². The van der Waals surface area contributed by atoms with E-state index in [2.05, 4.69) is 97.2 Å². The molecule has 0 radical (unpaired) electrons. The van der Waals surface area contributed by atoms with Gasteiger partial charge in [0.2, 0.25) is 0 Å². The maximum atomic E-state index is 4.97. The van der Waals surface area contributed by atoms with Crippen molar-refractivity contribution >= 4 is 23.1 Å². The predicted octanol–water partition coefficient (Wildman–Crippen LogP) is 6.12. The highest BCUT2D eigenvalue weighted by Gasteiger charge is 2.15. The molecule has 1 N–H and O–H groups in total. The molecule has 3 nitrogen and oxygen atoms in total. The van der Waals surface area contributed by atoms with Crippen molar-refractivity contribution < 1.29 is 0 Å². The van der Waals surface area contributed by atoms with Gasteiger partial charge in [0.25, 0.3) is 0 Å². The summed E-state index contributed by atoms with van der Waals surface area (Å²) in [6.07, 6.45) is 2.19. The second kappa shape index (κ2) is 7.73. The van der Waals surface area contributed by atoms with Crippen LogP contribution in [-0.4, -0.2) is 9.38 Å². The molecule has 0 amide bonds. The zero-order valence-electron chi connectivity index (χ0n) is 16.6. The minimum Gasteiger partial charge on any atom is -0.365 e. The summed E-state index contributed by atoms with van der Waals surface area (Å²) in [5.41, 5.74) is 7.94. The lowest BCUT2D eigenvalue weighted by atomic mass is 10.1. The van der Waals surface area contributed by atoms with Crippen molar-refractivity contribution in [2.75, 3.05) is 5.32 Å². The molecule has 0 bridgehead atoms. The van der Waals surface area contributed by atoms with Crippen LogP contribution in [0.25, 0.3) is 17.3 Å². The number of hydrogen-bond acceptors (Lipinski definition) is 2. The Morgan fingerprint density at radius 2 is 1.64 bits per heavy atom. The van der Waals surface area contributed by atoms with Crippen molar-refractivity contribution in [3.63, 3.8) is 0 Å². The molecule has 0 fully saturated rings. The molecular formula is C25H25N3. The Balaban J connectivity index is 1.80. The lowest BCUT2D eigenvalue weighted by Crippen LogP contribution is -2.05. The van der Waals surface area contributed by atoms with Crippen molar-refractivity contribution in [3.05, 3.63) is 101 Å². The number of aromatic nitrogens is 2. The van der Waals surface area contributed by atoms with Gasteiger partial charge in [0.1, 0.15) is 17.2 Å². The number of rotatable bonds is 5. The van der Waals surface area contributed by atoms with E-state index in [-0.39, 0.29) is 0 Å². The molecule has 2 heterocycles. The summed E-state index contributed by atoms with van der Waals surface area (Å²) in [6, 6.07) is 25.2. The summed E-state index contributed by atoms with van der Waals surface area (Å²) in [6.45, 7) is 7.14. The van der Waals surface area contributed by atoms with Crippen LogP contribution >= 0.6 is 0 Å². The highest BCUT2D eigenvalue weighted by atomic mass is 15.1. The van der Waals surface area contributed by atoms with E-state index >= 15 is 0 Å². The van der Waals surface area contributed by atoms with Gasteiger partial charge < -0.3 is 5.32 Å². The number of nitrogens with zero attached hydrogens (tertiary/aromatic N) is 2. The number of fused-ring (bicyclic) bond motifs is 1. The largest absolute Gasteiger partial charge is 0.365 e. The molecule has 0 saturated heterocycles. The van der Waals surface area contributed by atoms with E-state index in [4.69, 9.17) is 4.98 Å². The minimum atomic E-state index is 0.758. The summed E-state index contributed by atoms with van der Waals surface area (Å²) < 4.78 is 2.22. The predicted molar refractivity (Wildman–Crippen MR) is 118 cm³/mol. The van der Waals surface area contributed by atoms with Crippen molar-refractivity contribution in [1.82, 2.24) is 9.38 Å². The Morgan fingerprint density at radius 3 is 2.36 bits per heavy atom. The number of allylic oxidation sites excluding steroid dienone is 1. The zero-order valence-corrected chi connectivity index (χ0v) is 16.6. The molecule has 2 aromatic carbocycles. The van der Waals surface area contributed by atoms with Crippen molar-refractivity contribution in [2.24, 2.45) is 0 Å². The number of benzene rings is 2. The second-order valence-corrected chi connectivity index (χ2v) is 7.25. The molecule has 0 spiro atoms. The third kappa shape index (κ3) is 3.70. The lowest BCUT2D eigenvalue weighted by molar-refractivity contribution is 1.04. The van der Waals surface area contributed by atoms with Crippen molar-refractivity contribution in [2.45, 2.75) is 27.3 Å². The number of imidazole rings is 1. The fourth-order valence-corrected chi connectivity index (χ4v) is 3.62. The Bertz CT molecular complexity index is 1120. The Morgan fingerprint density at radius 1 is 0.964 bits per heavy atom. The molecule has 140 valence electrons. The van der Waals surface area contributed by atoms with Gasteiger partial charge >= 0.3 is 0 Å². The third-order valence-electron chi connectivity index (χ3n) is 4.91. The Kier molecular flexibility index (Phi) is 4.98. The van der Waals surface area contributed by atoms with E-state index in [1.54, 1.807) is 0 Å². The third-order valence-corrected chi connectivity index (χ3v) is 4.91. The Labute approximate surface area is 166 Å². The van der Waals surface area contributed by atoms with E-state index in [1.165, 1.54) is 22.4 Å². The summed E-state index contributed by atoms with van der Waals surface area (Å²) >= 11 is 0. The first kappa shape index (κ1) is 18.1. The van der Waals surface area contributed by atoms with Crippen LogP contribution in [0.15, 0.2) is 72.8 Å². The fraction of sp³-hybridized carbons (Fsp3) is 0.160. The second-order valence-electron chi connectivity index (χ2n) is 7.25. The fourth-order valence-electron chi connectivity index (χ4n) is 3.62. The van der Waals surface area contributed by atoms with Crippen LogP contribution in [-0.2, 0) is 6.54 Å². The van der Waals surface area contributed by atoms with Crippen LogP contribution in [0.1, 0.15) is 35.0 Å². The molecule has 0 atom stereocenters. The summed E-state index contributed by atoms with van der Waals surface area (Å²) in [4.78, 5) is 4.97. The number of anilines is 1. The average molecular weight is 367 g/mol. The maximum Gasteiger partial charge on any atom is 0.139 e. The van der Waals surface area contributed by atoms with Gasteiger partial charge in [-0.05, 0) is 61.2 Å². The van der Waals surface area contributed by atoms with Crippen LogP contribution in [0.3, 0.4) is 0 Å². The van der Waals surface area contributed by atoms with Crippen molar-refractivity contribution in [1.29, 1.82) is 0 Å². The molecule has 0 aliphatic rings. The van der Waals surface area contributed by atoms with Gasteiger partial charge in [-0.3, -0.25) is 4.40 Å². The summed E-state index contributed by atoms with van der Waals surface area (Å²) in [5, 5.41) is 3.64. The van der Waals surface area contributed by atoms with E-state index < -0.39 is 0 Å². The number of pyridine rings is 1. The molecule has 0 saturated carbocycles. The molecule has 0 aliphatic carbocycles. The van der Waals surface area contributed by atoms with Gasteiger partial charge in [-0.2, -0.15) is 0 Å². The van der Waals surface area contributed by atoms with Gasteiger partial charge in [-0.15, -0.1) is 0 Å². The van der Waals surface area contributed by atoms with Crippen LogP contribution in [0, 0.1) is 13.8 Å². The first-order valence-corrected chi connectivity index (χ1v) is 9.63. The van der Waals surface area contributed by atoms with Gasteiger partial charge in [0.15, 0.2) is 0 Å². The first-order valence-electron chi connectivity index (χ1n) is 9.63. The van der Waals surface area contributed by atoms with Gasteiger partial charge in [0, 0.05) is 12.2 Å². The first-order chi connectivity index (χ1) is 13.6. The monoisotopic (exact) mass is 367 g/mol. The molecule has 4 aromatic rings. The normalized spacial score (nSPS) is 11.8. The summed E-state index contributed by atoms with van der Waals surface area (Å²) in [5.74, 6) is 1.04. The van der Waals surface area contributed by atoms with Crippen LogP contribution in [0.4, 0.5) is 5.82 Å². The minimum absolute atomic E-state index is 0.758. The van der Waals surface area contributed by atoms with E-state index in [0.717, 1.165) is 29.3 Å². The van der Waals surface area contributed by atoms with E-state index in [9.17, 15) is 0 Å². The maximum absolute atomic E-state index is 4.97. The average Bonchev–Trinajstić information content (AvgIpc) is 3.07. The van der Waals surface area contributed by atoms with Crippen LogP contribution in [0.2, 0.25) is 0 Å². The van der Waals surface area contributed by atoms with Gasteiger partial charge in [0.05, 0.1) is 0 Å². The number of aryl methyl sites for hydroxylation is 2. The number of nitrogens with one attached hydrogen (secondary N) is 1.